The first-order valence-electron chi connectivity index (χ1n) is 6.21. The van der Waals surface area contributed by atoms with Gasteiger partial charge in [0, 0.05) is 24.4 Å². The standard InChI is InChI=1S/C12H22N2OS/c1-8(2)13-10-4-5-12-14(6-10)11(7-16-12)9(3)15/h8,10-13H,4-7H2,1-3H3/t10-,11-,12-/m1/s1. The molecule has 0 amide bonds. The van der Waals surface area contributed by atoms with Crippen molar-refractivity contribution in [3.8, 4) is 0 Å². The van der Waals surface area contributed by atoms with Gasteiger partial charge in [-0.3, -0.25) is 9.69 Å². The summed E-state index contributed by atoms with van der Waals surface area (Å²) in [6.45, 7) is 7.15. The zero-order valence-electron chi connectivity index (χ0n) is 10.4. The maximum absolute atomic E-state index is 11.6. The van der Waals surface area contributed by atoms with Crippen molar-refractivity contribution < 1.29 is 4.79 Å². The maximum atomic E-state index is 11.6. The van der Waals surface area contributed by atoms with Gasteiger partial charge in [0.2, 0.25) is 0 Å². The molecule has 0 aromatic carbocycles. The molecule has 4 heteroatoms. The summed E-state index contributed by atoms with van der Waals surface area (Å²) in [7, 11) is 0. The predicted octanol–water partition coefficient (Wildman–Crippen LogP) is 1.48. The van der Waals surface area contributed by atoms with Gasteiger partial charge in [-0.1, -0.05) is 13.8 Å². The number of Topliss-reactive ketones (excluding diaryl/α,β-unsaturated/α-hetero) is 1. The monoisotopic (exact) mass is 242 g/mol. The lowest BCUT2D eigenvalue weighted by molar-refractivity contribution is -0.121. The van der Waals surface area contributed by atoms with Crippen molar-refractivity contribution in [3.63, 3.8) is 0 Å². The van der Waals surface area contributed by atoms with Crippen LogP contribution in [-0.4, -0.2) is 46.5 Å². The molecule has 2 heterocycles. The van der Waals surface area contributed by atoms with Gasteiger partial charge in [-0.05, 0) is 19.8 Å². The van der Waals surface area contributed by atoms with Crippen LogP contribution in [0.2, 0.25) is 0 Å². The number of nitrogens with zero attached hydrogens (tertiary/aromatic N) is 1. The lowest BCUT2D eigenvalue weighted by atomic mass is 10.0. The van der Waals surface area contributed by atoms with E-state index >= 15 is 0 Å². The van der Waals surface area contributed by atoms with Gasteiger partial charge in [-0.25, -0.2) is 0 Å². The van der Waals surface area contributed by atoms with Crippen LogP contribution in [0.25, 0.3) is 0 Å². The van der Waals surface area contributed by atoms with Gasteiger partial charge in [0.25, 0.3) is 0 Å². The van der Waals surface area contributed by atoms with Crippen molar-refractivity contribution in [2.75, 3.05) is 12.3 Å². The highest BCUT2D eigenvalue weighted by atomic mass is 32.2. The van der Waals surface area contributed by atoms with Crippen LogP contribution in [0.5, 0.6) is 0 Å². The molecule has 2 aliphatic rings. The van der Waals surface area contributed by atoms with Gasteiger partial charge in [0.05, 0.1) is 11.4 Å². The highest BCUT2D eigenvalue weighted by molar-refractivity contribution is 8.00. The summed E-state index contributed by atoms with van der Waals surface area (Å²) in [6.07, 6.45) is 2.47. The molecule has 0 aromatic rings. The summed E-state index contributed by atoms with van der Waals surface area (Å²) < 4.78 is 0. The van der Waals surface area contributed by atoms with Crippen LogP contribution in [0.4, 0.5) is 0 Å². The number of carbonyl (C=O) groups is 1. The molecule has 0 bridgehead atoms. The molecule has 2 fully saturated rings. The first-order chi connectivity index (χ1) is 7.58. The molecule has 0 spiro atoms. The first-order valence-corrected chi connectivity index (χ1v) is 7.26. The third kappa shape index (κ3) is 2.60. The largest absolute Gasteiger partial charge is 0.311 e. The minimum atomic E-state index is 0.173. The molecule has 2 rings (SSSR count). The van der Waals surface area contributed by atoms with Crippen molar-refractivity contribution in [3.05, 3.63) is 0 Å². The molecule has 0 aliphatic carbocycles. The van der Waals surface area contributed by atoms with Gasteiger partial charge in [0.1, 0.15) is 5.78 Å². The predicted molar refractivity (Wildman–Crippen MR) is 68.7 cm³/mol. The highest BCUT2D eigenvalue weighted by Crippen LogP contribution is 2.36. The van der Waals surface area contributed by atoms with Gasteiger partial charge >= 0.3 is 0 Å². The number of piperidine rings is 1. The second-order valence-electron chi connectivity index (χ2n) is 5.21. The second-order valence-corrected chi connectivity index (χ2v) is 6.42. The Hall–Kier alpha value is -0.0600. The number of rotatable bonds is 3. The van der Waals surface area contributed by atoms with E-state index in [1.54, 1.807) is 6.92 Å². The molecule has 2 saturated heterocycles. The van der Waals surface area contributed by atoms with Crippen LogP contribution in [0.3, 0.4) is 0 Å². The van der Waals surface area contributed by atoms with Gasteiger partial charge < -0.3 is 5.32 Å². The van der Waals surface area contributed by atoms with Gasteiger partial charge in [-0.15, -0.1) is 11.8 Å². The molecular weight excluding hydrogens is 220 g/mol. The van der Waals surface area contributed by atoms with Crippen LogP contribution in [0, 0.1) is 0 Å². The molecule has 0 radical (unpaired) electrons. The summed E-state index contributed by atoms with van der Waals surface area (Å²) in [5, 5.41) is 4.19. The Labute approximate surface area is 102 Å². The van der Waals surface area contributed by atoms with Crippen molar-refractivity contribution in [1.29, 1.82) is 0 Å². The zero-order valence-corrected chi connectivity index (χ0v) is 11.2. The molecule has 2 aliphatic heterocycles. The number of ketones is 1. The first kappa shape index (κ1) is 12.4. The Balaban J connectivity index is 1.96. The van der Waals surface area contributed by atoms with Crippen molar-refractivity contribution >= 4 is 17.5 Å². The van der Waals surface area contributed by atoms with Crippen LogP contribution in [-0.2, 0) is 4.79 Å². The summed E-state index contributed by atoms with van der Waals surface area (Å²) in [6, 6.07) is 1.27. The smallest absolute Gasteiger partial charge is 0.147 e. The van der Waals surface area contributed by atoms with Crippen LogP contribution in [0.15, 0.2) is 0 Å². The average molecular weight is 242 g/mol. The molecule has 0 saturated carbocycles. The summed E-state index contributed by atoms with van der Waals surface area (Å²) in [5.74, 6) is 1.33. The van der Waals surface area contributed by atoms with E-state index in [0.29, 0.717) is 23.2 Å². The number of hydrogen-bond donors (Lipinski definition) is 1. The minimum absolute atomic E-state index is 0.173. The minimum Gasteiger partial charge on any atom is -0.311 e. The van der Waals surface area contributed by atoms with Crippen LogP contribution < -0.4 is 5.32 Å². The van der Waals surface area contributed by atoms with Crippen LogP contribution in [0.1, 0.15) is 33.6 Å². The molecule has 92 valence electrons. The van der Waals surface area contributed by atoms with E-state index in [1.165, 1.54) is 12.8 Å². The van der Waals surface area contributed by atoms with Crippen molar-refractivity contribution in [1.82, 2.24) is 10.2 Å². The van der Waals surface area contributed by atoms with E-state index in [4.69, 9.17) is 0 Å². The zero-order chi connectivity index (χ0) is 11.7. The lowest BCUT2D eigenvalue weighted by Crippen LogP contribution is -2.53. The van der Waals surface area contributed by atoms with E-state index in [9.17, 15) is 4.79 Å². The Morgan fingerprint density at radius 1 is 1.44 bits per heavy atom. The molecule has 0 unspecified atom stereocenters. The highest BCUT2D eigenvalue weighted by Gasteiger charge is 2.40. The fourth-order valence-electron chi connectivity index (χ4n) is 2.74. The third-order valence-electron chi connectivity index (χ3n) is 3.45. The van der Waals surface area contributed by atoms with Crippen molar-refractivity contribution in [2.24, 2.45) is 0 Å². The number of hydrogen-bond acceptors (Lipinski definition) is 4. The van der Waals surface area contributed by atoms with Gasteiger partial charge in [0.15, 0.2) is 0 Å². The Morgan fingerprint density at radius 2 is 2.19 bits per heavy atom. The van der Waals surface area contributed by atoms with E-state index in [2.05, 4.69) is 24.1 Å². The molecule has 0 aromatic heterocycles. The second kappa shape index (κ2) is 5.07. The summed E-state index contributed by atoms with van der Waals surface area (Å²) >= 11 is 1.96. The normalized spacial score (nSPS) is 35.4. The topological polar surface area (TPSA) is 32.3 Å². The molecule has 3 atom stereocenters. The average Bonchev–Trinajstić information content (AvgIpc) is 2.59. The number of nitrogens with one attached hydrogen (secondary N) is 1. The number of fused-ring (bicyclic) bond motifs is 1. The molecule has 3 nitrogen and oxygen atoms in total. The van der Waals surface area contributed by atoms with E-state index in [-0.39, 0.29) is 6.04 Å². The third-order valence-corrected chi connectivity index (χ3v) is 4.85. The summed E-state index contributed by atoms with van der Waals surface area (Å²) in [4.78, 5) is 14.0. The van der Waals surface area contributed by atoms with E-state index in [1.807, 2.05) is 11.8 Å². The SMILES string of the molecule is CC(=O)[C@H]1CS[C@@H]2CC[C@@H](NC(C)C)CN12. The fourth-order valence-corrected chi connectivity index (χ4v) is 4.29. The summed E-state index contributed by atoms with van der Waals surface area (Å²) in [5.41, 5.74) is 0. The molecular formula is C12H22N2OS. The number of thioether (sulfide) groups is 1. The quantitative estimate of drug-likeness (QED) is 0.812. The Bertz CT molecular complexity index is 270. The molecule has 1 N–H and O–H groups in total. The Kier molecular flexibility index (Phi) is 3.93. The van der Waals surface area contributed by atoms with Gasteiger partial charge in [-0.2, -0.15) is 0 Å². The lowest BCUT2D eigenvalue weighted by Gasteiger charge is -2.38. The molecule has 16 heavy (non-hydrogen) atoms. The fraction of sp³-hybridized carbons (Fsp3) is 0.917. The Morgan fingerprint density at radius 3 is 2.81 bits per heavy atom. The van der Waals surface area contributed by atoms with E-state index in [0.717, 1.165) is 12.3 Å². The van der Waals surface area contributed by atoms with Crippen molar-refractivity contribution in [2.45, 2.75) is 57.1 Å². The van der Waals surface area contributed by atoms with Crippen LogP contribution >= 0.6 is 11.8 Å². The number of carbonyl (C=O) groups excluding carboxylic acids is 1. The maximum Gasteiger partial charge on any atom is 0.147 e. The van der Waals surface area contributed by atoms with E-state index < -0.39 is 0 Å².